The van der Waals surface area contributed by atoms with Crippen molar-refractivity contribution in [3.8, 4) is 0 Å². The summed E-state index contributed by atoms with van der Waals surface area (Å²) >= 11 is -2.95. The van der Waals surface area contributed by atoms with E-state index >= 15 is 0 Å². The first-order valence-electron chi connectivity index (χ1n) is 2.01. The maximum absolute atomic E-state index is 5.61. The molecule has 4 heteroatoms. The van der Waals surface area contributed by atoms with Crippen molar-refractivity contribution in [2.24, 2.45) is 0 Å². The van der Waals surface area contributed by atoms with Crippen molar-refractivity contribution in [2.45, 2.75) is 17.5 Å². The molecule has 0 nitrogen and oxygen atoms in total. The van der Waals surface area contributed by atoms with E-state index in [4.69, 9.17) is 25.5 Å². The maximum atomic E-state index is 5.61. The molecule has 0 heterocycles. The first kappa shape index (κ1) is 8.75. The zero-order chi connectivity index (χ0) is 6.08. The van der Waals surface area contributed by atoms with Crippen molar-refractivity contribution < 1.29 is 16.7 Å². The second kappa shape index (κ2) is 3.06. The van der Waals surface area contributed by atoms with Gasteiger partial charge in [-0.3, -0.25) is 0 Å². The van der Waals surface area contributed by atoms with Gasteiger partial charge in [-0.05, 0) is 0 Å². The molecule has 0 saturated carbocycles. The summed E-state index contributed by atoms with van der Waals surface area (Å²) in [5.41, 5.74) is 0. The van der Waals surface area contributed by atoms with Gasteiger partial charge in [0, 0.05) is 0 Å². The first-order valence-corrected chi connectivity index (χ1v) is 12.9. The van der Waals surface area contributed by atoms with Gasteiger partial charge in [-0.15, -0.1) is 0 Å². The number of rotatable bonds is 1. The molecular formula is C3H7Cl3Zr. The average molecular weight is 241 g/mol. The predicted molar refractivity (Wildman–Crippen MR) is 32.7 cm³/mol. The van der Waals surface area contributed by atoms with Crippen LogP contribution in [-0.4, -0.2) is 0 Å². The second-order valence-electron chi connectivity index (χ2n) is 1.70. The topological polar surface area (TPSA) is 0 Å². The Bertz CT molecular complexity index is 55.7. The van der Waals surface area contributed by atoms with E-state index in [-0.39, 0.29) is 0 Å². The molecule has 0 aliphatic heterocycles. The molecule has 0 spiro atoms. The Morgan fingerprint density at radius 1 is 1.14 bits per heavy atom. The molecule has 0 aliphatic rings. The summed E-state index contributed by atoms with van der Waals surface area (Å²) in [7, 11) is 16.8. The Balaban J connectivity index is 3.54. The van der Waals surface area contributed by atoms with Crippen LogP contribution in [0.4, 0.5) is 0 Å². The van der Waals surface area contributed by atoms with Crippen LogP contribution in [0.15, 0.2) is 0 Å². The van der Waals surface area contributed by atoms with E-state index in [1.807, 2.05) is 13.8 Å². The van der Waals surface area contributed by atoms with E-state index in [2.05, 4.69) is 0 Å². The Kier molecular flexibility index (Phi) is 3.82. The van der Waals surface area contributed by atoms with Crippen molar-refractivity contribution in [3.63, 3.8) is 0 Å². The van der Waals surface area contributed by atoms with E-state index in [0.29, 0.717) is 3.63 Å². The van der Waals surface area contributed by atoms with Gasteiger partial charge in [-0.1, -0.05) is 0 Å². The van der Waals surface area contributed by atoms with Crippen LogP contribution < -0.4 is 0 Å². The van der Waals surface area contributed by atoms with Crippen molar-refractivity contribution >= 4 is 25.5 Å². The molecule has 0 atom stereocenters. The molecule has 0 unspecified atom stereocenters. The molecule has 0 aromatic rings. The monoisotopic (exact) mass is 238 g/mol. The normalized spacial score (nSPS) is 12.9. The second-order valence-corrected chi connectivity index (χ2v) is 21.2. The van der Waals surface area contributed by atoms with Gasteiger partial charge in [0.05, 0.1) is 0 Å². The molecule has 0 bridgehead atoms. The van der Waals surface area contributed by atoms with Gasteiger partial charge in [0.15, 0.2) is 0 Å². The SMILES string of the molecule is C[CH](C)[Zr]([Cl])([Cl])[Cl]. The van der Waals surface area contributed by atoms with E-state index in [9.17, 15) is 0 Å². The van der Waals surface area contributed by atoms with Gasteiger partial charge >= 0.3 is 59.7 Å². The van der Waals surface area contributed by atoms with Gasteiger partial charge in [-0.2, -0.15) is 0 Å². The van der Waals surface area contributed by atoms with E-state index in [1.165, 1.54) is 0 Å². The molecule has 0 radical (unpaired) electrons. The van der Waals surface area contributed by atoms with Crippen LogP contribution in [0.2, 0.25) is 3.63 Å². The van der Waals surface area contributed by atoms with E-state index < -0.39 is 16.7 Å². The van der Waals surface area contributed by atoms with E-state index in [0.717, 1.165) is 0 Å². The van der Waals surface area contributed by atoms with Gasteiger partial charge in [-0.25, -0.2) is 0 Å². The van der Waals surface area contributed by atoms with Gasteiger partial charge in [0.1, 0.15) is 0 Å². The van der Waals surface area contributed by atoms with E-state index in [1.54, 1.807) is 0 Å². The minimum absolute atomic E-state index is 0.305. The summed E-state index contributed by atoms with van der Waals surface area (Å²) in [5.74, 6) is 0. The Labute approximate surface area is 59.2 Å². The quantitative estimate of drug-likeness (QED) is 0.659. The Hall–Kier alpha value is 1.75. The van der Waals surface area contributed by atoms with Gasteiger partial charge in [0.25, 0.3) is 0 Å². The Morgan fingerprint density at radius 2 is 1.29 bits per heavy atom. The van der Waals surface area contributed by atoms with Crippen LogP contribution in [0.5, 0.6) is 0 Å². The summed E-state index contributed by atoms with van der Waals surface area (Å²) in [4.78, 5) is 0. The number of halogens is 3. The molecule has 0 N–H and O–H groups in total. The van der Waals surface area contributed by atoms with Crippen LogP contribution in [0.1, 0.15) is 13.8 Å². The van der Waals surface area contributed by atoms with Crippen LogP contribution in [0.3, 0.4) is 0 Å². The van der Waals surface area contributed by atoms with Crippen LogP contribution in [-0.2, 0) is 16.7 Å². The summed E-state index contributed by atoms with van der Waals surface area (Å²) in [6, 6.07) is 0. The zero-order valence-corrected chi connectivity index (χ0v) is 8.94. The molecule has 0 rings (SSSR count). The number of hydrogen-bond donors (Lipinski definition) is 0. The molecule has 0 fully saturated rings. The van der Waals surface area contributed by atoms with Crippen molar-refractivity contribution in [3.05, 3.63) is 0 Å². The molecule has 44 valence electrons. The molecule has 0 aromatic carbocycles. The molecule has 0 aliphatic carbocycles. The molecule has 0 amide bonds. The van der Waals surface area contributed by atoms with Gasteiger partial charge < -0.3 is 0 Å². The Morgan fingerprint density at radius 3 is 1.29 bits per heavy atom. The predicted octanol–water partition coefficient (Wildman–Crippen LogP) is 3.43. The fraction of sp³-hybridized carbons (Fsp3) is 1.00. The number of hydrogen-bond acceptors (Lipinski definition) is 0. The van der Waals surface area contributed by atoms with Gasteiger partial charge in [0.2, 0.25) is 0 Å². The molecule has 0 aromatic heterocycles. The summed E-state index contributed by atoms with van der Waals surface area (Å²) in [6.07, 6.45) is 0. The average Bonchev–Trinajstić information content (AvgIpc) is 1.31. The standard InChI is InChI=1S/C3H7.3ClH.Zr/c1-3-2;;;;/h3H,1-2H3;3*1H;/q;;;;+3/p-3. The molecule has 0 saturated heterocycles. The van der Waals surface area contributed by atoms with Crippen molar-refractivity contribution in [1.29, 1.82) is 0 Å². The summed E-state index contributed by atoms with van der Waals surface area (Å²) in [5, 5.41) is 0. The van der Waals surface area contributed by atoms with Crippen molar-refractivity contribution in [2.75, 3.05) is 0 Å². The third-order valence-electron chi connectivity index (χ3n) is 0.655. The molecular weight excluding hydrogens is 234 g/mol. The van der Waals surface area contributed by atoms with Crippen LogP contribution >= 0.6 is 25.5 Å². The fourth-order valence-corrected chi connectivity index (χ4v) is 0. The van der Waals surface area contributed by atoms with Crippen molar-refractivity contribution in [1.82, 2.24) is 0 Å². The fourth-order valence-electron chi connectivity index (χ4n) is 0. The molecule has 7 heavy (non-hydrogen) atoms. The third kappa shape index (κ3) is 4.27. The first-order chi connectivity index (χ1) is 2.94. The zero-order valence-electron chi connectivity index (χ0n) is 4.21. The third-order valence-corrected chi connectivity index (χ3v) is 11.6. The van der Waals surface area contributed by atoms with Crippen LogP contribution in [0, 0.1) is 0 Å². The summed E-state index contributed by atoms with van der Waals surface area (Å²) in [6.45, 7) is 3.90. The summed E-state index contributed by atoms with van der Waals surface area (Å²) < 4.78 is 0.305. The van der Waals surface area contributed by atoms with Crippen LogP contribution in [0.25, 0.3) is 0 Å². The minimum atomic E-state index is -2.95.